The van der Waals surface area contributed by atoms with Crippen molar-refractivity contribution in [3.05, 3.63) is 42.0 Å². The van der Waals surface area contributed by atoms with Gasteiger partial charge in [-0.2, -0.15) is 0 Å². The Kier molecular flexibility index (Phi) is 9.75. The fraction of sp³-hybridized carbons (Fsp3) is 0.556. The lowest BCUT2D eigenvalue weighted by molar-refractivity contribution is -0.923. The molecule has 1 aromatic rings. The van der Waals surface area contributed by atoms with E-state index in [0.717, 1.165) is 69.6 Å². The van der Waals surface area contributed by atoms with E-state index in [-0.39, 0.29) is 0 Å². The number of quaternary nitrogens is 1. The Hall–Kier alpha value is -1.20. The molecule has 124 valence electrons. The van der Waals surface area contributed by atoms with Crippen LogP contribution in [-0.4, -0.2) is 50.3 Å². The minimum Gasteiger partial charge on any atom is -0.330 e. The van der Waals surface area contributed by atoms with Crippen molar-refractivity contribution in [1.82, 2.24) is 0 Å². The van der Waals surface area contributed by atoms with Crippen LogP contribution in [0.15, 0.2) is 36.4 Å². The smallest absolute Gasteiger partial charge is 0.0977 e. The molecule has 1 aromatic carbocycles. The summed E-state index contributed by atoms with van der Waals surface area (Å²) in [4.78, 5) is 0. The average molecular weight is 305 g/mol. The molecule has 0 aromatic heterocycles. The molecular weight excluding hydrogens is 272 g/mol. The van der Waals surface area contributed by atoms with E-state index in [0.29, 0.717) is 0 Å². The van der Waals surface area contributed by atoms with Crippen LogP contribution in [0.4, 0.5) is 0 Å². The first kappa shape index (κ1) is 18.8. The van der Waals surface area contributed by atoms with Crippen LogP contribution in [0, 0.1) is 0 Å². The zero-order valence-corrected chi connectivity index (χ0v) is 13.8. The van der Waals surface area contributed by atoms with Gasteiger partial charge in [-0.1, -0.05) is 36.4 Å². The quantitative estimate of drug-likeness (QED) is 0.513. The summed E-state index contributed by atoms with van der Waals surface area (Å²) >= 11 is 0. The molecule has 0 amide bonds. The molecule has 6 N–H and O–H groups in total. The van der Waals surface area contributed by atoms with Crippen LogP contribution in [0.1, 0.15) is 24.8 Å². The molecule has 0 radical (unpaired) electrons. The van der Waals surface area contributed by atoms with E-state index < -0.39 is 0 Å². The van der Waals surface area contributed by atoms with Gasteiger partial charge in [-0.05, 0) is 31.3 Å². The molecule has 4 nitrogen and oxygen atoms in total. The highest BCUT2D eigenvalue weighted by Gasteiger charge is 2.24. The van der Waals surface area contributed by atoms with Crippen molar-refractivity contribution >= 4 is 6.08 Å². The first-order valence-corrected chi connectivity index (χ1v) is 8.43. The molecule has 0 aliphatic carbocycles. The van der Waals surface area contributed by atoms with Gasteiger partial charge in [0.2, 0.25) is 0 Å². The van der Waals surface area contributed by atoms with E-state index in [9.17, 15) is 0 Å². The lowest BCUT2D eigenvalue weighted by Gasteiger charge is -2.38. The maximum atomic E-state index is 5.74. The van der Waals surface area contributed by atoms with Crippen LogP contribution >= 0.6 is 0 Å². The van der Waals surface area contributed by atoms with Crippen molar-refractivity contribution in [3.63, 3.8) is 0 Å². The molecule has 0 saturated carbocycles. The molecule has 0 aliphatic rings. The van der Waals surface area contributed by atoms with Crippen molar-refractivity contribution in [2.75, 3.05) is 45.8 Å². The molecule has 0 spiro atoms. The number of nitrogens with two attached hydrogens (primary N) is 3. The third-order valence-corrected chi connectivity index (χ3v) is 4.11. The summed E-state index contributed by atoms with van der Waals surface area (Å²) in [6, 6.07) is 10.4. The van der Waals surface area contributed by atoms with Crippen molar-refractivity contribution in [2.24, 2.45) is 17.2 Å². The van der Waals surface area contributed by atoms with Crippen molar-refractivity contribution in [3.8, 4) is 0 Å². The van der Waals surface area contributed by atoms with Gasteiger partial charge in [0.25, 0.3) is 0 Å². The van der Waals surface area contributed by atoms with Gasteiger partial charge in [-0.3, -0.25) is 0 Å². The summed E-state index contributed by atoms with van der Waals surface area (Å²) in [7, 11) is 0. The van der Waals surface area contributed by atoms with E-state index in [1.54, 1.807) is 0 Å². The predicted octanol–water partition coefficient (Wildman–Crippen LogP) is 1.56. The molecule has 0 unspecified atom stereocenters. The molecule has 0 saturated heterocycles. The van der Waals surface area contributed by atoms with Gasteiger partial charge < -0.3 is 21.7 Å². The number of nitrogens with zero attached hydrogens (tertiary/aromatic N) is 1. The van der Waals surface area contributed by atoms with Crippen LogP contribution in [0.2, 0.25) is 0 Å². The maximum Gasteiger partial charge on any atom is 0.0977 e. The molecule has 0 fully saturated rings. The largest absolute Gasteiger partial charge is 0.330 e. The van der Waals surface area contributed by atoms with Gasteiger partial charge >= 0.3 is 0 Å². The average Bonchev–Trinajstić information content (AvgIpc) is 2.57. The summed E-state index contributed by atoms with van der Waals surface area (Å²) in [6.07, 6.45) is 7.65. The van der Waals surface area contributed by atoms with Crippen LogP contribution < -0.4 is 17.2 Å². The Bertz CT molecular complexity index is 381. The van der Waals surface area contributed by atoms with E-state index in [4.69, 9.17) is 17.2 Å². The second-order valence-electron chi connectivity index (χ2n) is 5.93. The number of rotatable bonds is 12. The topological polar surface area (TPSA) is 78.1 Å². The minimum atomic E-state index is 0.744. The molecule has 22 heavy (non-hydrogen) atoms. The third kappa shape index (κ3) is 7.18. The van der Waals surface area contributed by atoms with Gasteiger partial charge in [-0.15, -0.1) is 0 Å². The van der Waals surface area contributed by atoms with Gasteiger partial charge in [-0.25, -0.2) is 0 Å². The minimum absolute atomic E-state index is 0.744. The zero-order chi connectivity index (χ0) is 16.1. The second-order valence-corrected chi connectivity index (χ2v) is 5.93. The highest BCUT2D eigenvalue weighted by Crippen LogP contribution is 2.13. The van der Waals surface area contributed by atoms with Crippen molar-refractivity contribution in [1.29, 1.82) is 0 Å². The molecular formula is C18H33N4+. The molecule has 0 bridgehead atoms. The number of benzene rings is 1. The van der Waals surface area contributed by atoms with E-state index in [2.05, 4.69) is 36.4 Å². The van der Waals surface area contributed by atoms with E-state index in [1.807, 2.05) is 6.07 Å². The molecule has 4 heteroatoms. The molecule has 0 aliphatic heterocycles. The molecule has 0 atom stereocenters. The summed E-state index contributed by atoms with van der Waals surface area (Å²) in [5.74, 6) is 0. The van der Waals surface area contributed by atoms with Crippen molar-refractivity contribution < 1.29 is 4.48 Å². The summed E-state index contributed by atoms with van der Waals surface area (Å²) in [6.45, 7) is 6.57. The van der Waals surface area contributed by atoms with Crippen LogP contribution in [0.25, 0.3) is 6.08 Å². The summed E-state index contributed by atoms with van der Waals surface area (Å²) in [5, 5.41) is 0. The normalized spacial score (nSPS) is 12.1. The monoisotopic (exact) mass is 305 g/mol. The first-order chi connectivity index (χ1) is 10.8. The Morgan fingerprint density at radius 2 is 1.27 bits per heavy atom. The van der Waals surface area contributed by atoms with Crippen LogP contribution in [0.3, 0.4) is 0 Å². The highest BCUT2D eigenvalue weighted by atomic mass is 15.3. The predicted molar refractivity (Wildman–Crippen MR) is 96.2 cm³/mol. The maximum absolute atomic E-state index is 5.74. The summed E-state index contributed by atoms with van der Waals surface area (Å²) in [5.41, 5.74) is 18.5. The zero-order valence-electron chi connectivity index (χ0n) is 13.8. The third-order valence-electron chi connectivity index (χ3n) is 4.11. The Morgan fingerprint density at radius 1 is 0.773 bits per heavy atom. The lowest BCUT2D eigenvalue weighted by Crippen LogP contribution is -2.51. The van der Waals surface area contributed by atoms with Gasteiger partial charge in [0, 0.05) is 19.3 Å². The van der Waals surface area contributed by atoms with Gasteiger partial charge in [0.15, 0.2) is 0 Å². The highest BCUT2D eigenvalue weighted by molar-refractivity contribution is 5.48. The fourth-order valence-electron chi connectivity index (χ4n) is 2.87. The SMILES string of the molecule is NCCC[N+](CC=Cc1ccccc1)(CCCN)CCCN. The number of hydrogen-bond donors (Lipinski definition) is 3. The number of hydrogen-bond acceptors (Lipinski definition) is 3. The van der Waals surface area contributed by atoms with E-state index in [1.165, 1.54) is 5.56 Å². The Balaban J connectivity index is 2.73. The second kappa shape index (κ2) is 11.4. The Morgan fingerprint density at radius 3 is 1.73 bits per heavy atom. The lowest BCUT2D eigenvalue weighted by atomic mass is 10.1. The van der Waals surface area contributed by atoms with Crippen LogP contribution in [0.5, 0.6) is 0 Å². The molecule has 0 heterocycles. The molecule has 1 rings (SSSR count). The fourth-order valence-corrected chi connectivity index (χ4v) is 2.87. The Labute approximate surface area is 135 Å². The standard InChI is InChI=1S/C18H33N4/c19-11-5-15-22(16-6-12-20,17-7-13-21)14-4-10-18-8-2-1-3-9-18/h1-4,8-10H,5-7,11-17,19-21H2/q+1. The first-order valence-electron chi connectivity index (χ1n) is 8.43. The van der Waals surface area contributed by atoms with Gasteiger partial charge in [0.1, 0.15) is 0 Å². The summed E-state index contributed by atoms with van der Waals surface area (Å²) < 4.78 is 1.05. The van der Waals surface area contributed by atoms with Gasteiger partial charge in [0.05, 0.1) is 26.2 Å². The van der Waals surface area contributed by atoms with E-state index >= 15 is 0 Å². The van der Waals surface area contributed by atoms with Crippen LogP contribution in [-0.2, 0) is 0 Å². The van der Waals surface area contributed by atoms with Crippen molar-refractivity contribution in [2.45, 2.75) is 19.3 Å².